The summed E-state index contributed by atoms with van der Waals surface area (Å²) in [4.78, 5) is 12.3. The second-order valence-corrected chi connectivity index (χ2v) is 6.90. The SMILES string of the molecule is O=C(N/N=C\c1cccc(Br)c1)c1cc(-c2ccc3ccccc3c2)n[nH]1. The van der Waals surface area contributed by atoms with Gasteiger partial charge in [-0.3, -0.25) is 9.89 Å². The van der Waals surface area contributed by atoms with E-state index in [4.69, 9.17) is 0 Å². The van der Waals surface area contributed by atoms with Gasteiger partial charge in [-0.05, 0) is 40.6 Å². The topological polar surface area (TPSA) is 70.1 Å². The van der Waals surface area contributed by atoms with Crippen molar-refractivity contribution in [2.75, 3.05) is 0 Å². The molecular formula is C21H15BrN4O. The van der Waals surface area contributed by atoms with E-state index in [-0.39, 0.29) is 5.91 Å². The lowest BCUT2D eigenvalue weighted by Gasteiger charge is -2.00. The molecule has 4 rings (SSSR count). The smallest absolute Gasteiger partial charge is 0.272 e. The Balaban J connectivity index is 1.48. The minimum absolute atomic E-state index is 0.346. The number of carbonyl (C=O) groups excluding carboxylic acids is 1. The van der Waals surface area contributed by atoms with E-state index in [9.17, 15) is 4.79 Å². The van der Waals surface area contributed by atoms with Crippen LogP contribution in [0.1, 0.15) is 16.1 Å². The van der Waals surface area contributed by atoms with E-state index < -0.39 is 0 Å². The van der Waals surface area contributed by atoms with Gasteiger partial charge in [0.2, 0.25) is 0 Å². The van der Waals surface area contributed by atoms with Crippen LogP contribution < -0.4 is 5.43 Å². The van der Waals surface area contributed by atoms with Crippen LogP contribution in [-0.2, 0) is 0 Å². The third-order valence-corrected chi connectivity index (χ3v) is 4.59. The molecule has 0 saturated carbocycles. The molecule has 1 heterocycles. The molecule has 2 N–H and O–H groups in total. The van der Waals surface area contributed by atoms with E-state index in [0.717, 1.165) is 26.4 Å². The zero-order chi connectivity index (χ0) is 18.6. The van der Waals surface area contributed by atoms with Gasteiger partial charge in [-0.2, -0.15) is 10.2 Å². The van der Waals surface area contributed by atoms with Gasteiger partial charge in [-0.25, -0.2) is 5.43 Å². The van der Waals surface area contributed by atoms with E-state index in [0.29, 0.717) is 11.4 Å². The molecule has 0 spiro atoms. The quantitative estimate of drug-likeness (QED) is 0.370. The standard InChI is InChI=1S/C21H15BrN4O/c22-18-7-3-4-14(10-18)13-23-26-21(27)20-12-19(24-25-20)17-9-8-15-5-1-2-6-16(15)11-17/h1-13H,(H,24,25)(H,26,27)/b23-13-. The second-order valence-electron chi connectivity index (χ2n) is 5.98. The number of benzene rings is 3. The minimum Gasteiger partial charge on any atom is -0.272 e. The first-order chi connectivity index (χ1) is 13.2. The van der Waals surface area contributed by atoms with Crippen LogP contribution in [-0.4, -0.2) is 22.3 Å². The van der Waals surface area contributed by atoms with Crippen LogP contribution in [0.2, 0.25) is 0 Å². The number of hydrazone groups is 1. The molecule has 0 atom stereocenters. The maximum Gasteiger partial charge on any atom is 0.289 e. The third kappa shape index (κ3) is 3.96. The molecule has 1 amide bonds. The highest BCUT2D eigenvalue weighted by molar-refractivity contribution is 9.10. The molecule has 0 aliphatic rings. The number of rotatable bonds is 4. The van der Waals surface area contributed by atoms with Gasteiger partial charge in [0.05, 0.1) is 11.9 Å². The number of H-pyrrole nitrogens is 1. The Kier molecular flexibility index (Phi) is 4.80. The third-order valence-electron chi connectivity index (χ3n) is 4.10. The van der Waals surface area contributed by atoms with Crippen LogP contribution in [0.4, 0.5) is 0 Å². The molecule has 132 valence electrons. The monoisotopic (exact) mass is 418 g/mol. The van der Waals surface area contributed by atoms with Gasteiger partial charge >= 0.3 is 0 Å². The van der Waals surface area contributed by atoms with Gasteiger partial charge < -0.3 is 0 Å². The van der Waals surface area contributed by atoms with Crippen molar-refractivity contribution in [1.29, 1.82) is 0 Å². The lowest BCUT2D eigenvalue weighted by Crippen LogP contribution is -2.17. The van der Waals surface area contributed by atoms with Crippen LogP contribution in [0.15, 0.2) is 82.4 Å². The number of nitrogens with one attached hydrogen (secondary N) is 2. The number of carbonyl (C=O) groups is 1. The molecule has 1 aromatic heterocycles. The molecular weight excluding hydrogens is 404 g/mol. The first-order valence-electron chi connectivity index (χ1n) is 8.32. The van der Waals surface area contributed by atoms with Crippen LogP contribution >= 0.6 is 15.9 Å². The zero-order valence-corrected chi connectivity index (χ0v) is 15.8. The molecule has 0 bridgehead atoms. The summed E-state index contributed by atoms with van der Waals surface area (Å²) in [5.74, 6) is -0.346. The summed E-state index contributed by atoms with van der Waals surface area (Å²) in [7, 11) is 0. The van der Waals surface area contributed by atoms with Crippen molar-refractivity contribution in [3.05, 3.63) is 88.5 Å². The Morgan fingerprint density at radius 3 is 2.70 bits per heavy atom. The average Bonchev–Trinajstić information content (AvgIpc) is 3.18. The molecule has 27 heavy (non-hydrogen) atoms. The van der Waals surface area contributed by atoms with E-state index in [1.165, 1.54) is 0 Å². The van der Waals surface area contributed by atoms with E-state index in [1.54, 1.807) is 12.3 Å². The number of halogens is 1. The average molecular weight is 419 g/mol. The van der Waals surface area contributed by atoms with Gasteiger partial charge in [0.15, 0.2) is 0 Å². The lowest BCUT2D eigenvalue weighted by molar-refractivity contribution is 0.0950. The van der Waals surface area contributed by atoms with Crippen molar-refractivity contribution >= 4 is 38.8 Å². The van der Waals surface area contributed by atoms with Crippen LogP contribution in [0.3, 0.4) is 0 Å². The molecule has 0 radical (unpaired) electrons. The van der Waals surface area contributed by atoms with Gasteiger partial charge in [0.25, 0.3) is 5.91 Å². The number of aromatic amines is 1. The predicted octanol–water partition coefficient (Wildman–Crippen LogP) is 4.76. The van der Waals surface area contributed by atoms with Crippen LogP contribution in [0, 0.1) is 0 Å². The largest absolute Gasteiger partial charge is 0.289 e. The van der Waals surface area contributed by atoms with Gasteiger partial charge in [0, 0.05) is 10.0 Å². The minimum atomic E-state index is -0.346. The summed E-state index contributed by atoms with van der Waals surface area (Å²) in [6.07, 6.45) is 1.59. The number of nitrogens with zero attached hydrogens (tertiary/aromatic N) is 2. The summed E-state index contributed by atoms with van der Waals surface area (Å²) in [6.45, 7) is 0. The normalized spacial score (nSPS) is 11.1. The van der Waals surface area contributed by atoms with Crippen molar-refractivity contribution in [3.63, 3.8) is 0 Å². The molecule has 4 aromatic rings. The summed E-state index contributed by atoms with van der Waals surface area (Å²) >= 11 is 3.40. The molecule has 0 fully saturated rings. The Labute approximate surface area is 164 Å². The molecule has 0 unspecified atom stereocenters. The van der Waals surface area contributed by atoms with Crippen molar-refractivity contribution < 1.29 is 4.79 Å². The van der Waals surface area contributed by atoms with Crippen molar-refractivity contribution in [1.82, 2.24) is 15.6 Å². The Morgan fingerprint density at radius 2 is 1.85 bits per heavy atom. The van der Waals surface area contributed by atoms with Crippen LogP contribution in [0.25, 0.3) is 22.0 Å². The van der Waals surface area contributed by atoms with E-state index >= 15 is 0 Å². The van der Waals surface area contributed by atoms with E-state index in [2.05, 4.69) is 54.9 Å². The fourth-order valence-electron chi connectivity index (χ4n) is 2.75. The van der Waals surface area contributed by atoms with E-state index in [1.807, 2.05) is 48.5 Å². The molecule has 0 aliphatic heterocycles. The summed E-state index contributed by atoms with van der Waals surface area (Å²) in [5.41, 5.74) is 5.39. The Morgan fingerprint density at radius 1 is 1.00 bits per heavy atom. The predicted molar refractivity (Wildman–Crippen MR) is 111 cm³/mol. The summed E-state index contributed by atoms with van der Waals surface area (Å²) in [5, 5.41) is 13.3. The van der Waals surface area contributed by atoms with Gasteiger partial charge in [-0.1, -0.05) is 64.5 Å². The highest BCUT2D eigenvalue weighted by atomic mass is 79.9. The number of fused-ring (bicyclic) bond motifs is 1. The number of amides is 1. The number of aromatic nitrogens is 2. The van der Waals surface area contributed by atoms with Crippen molar-refractivity contribution in [2.45, 2.75) is 0 Å². The molecule has 0 aliphatic carbocycles. The van der Waals surface area contributed by atoms with Gasteiger partial charge in [-0.15, -0.1) is 0 Å². The second kappa shape index (κ2) is 7.55. The fourth-order valence-corrected chi connectivity index (χ4v) is 3.16. The summed E-state index contributed by atoms with van der Waals surface area (Å²) in [6, 6.07) is 23.6. The maximum absolute atomic E-state index is 12.3. The lowest BCUT2D eigenvalue weighted by atomic mass is 10.1. The molecule has 5 nitrogen and oxygen atoms in total. The summed E-state index contributed by atoms with van der Waals surface area (Å²) < 4.78 is 0.950. The van der Waals surface area contributed by atoms with Crippen molar-refractivity contribution in [3.8, 4) is 11.3 Å². The Hall–Kier alpha value is -3.25. The molecule has 0 saturated heterocycles. The zero-order valence-electron chi connectivity index (χ0n) is 14.2. The highest BCUT2D eigenvalue weighted by Gasteiger charge is 2.10. The number of hydrogen-bond donors (Lipinski definition) is 2. The first kappa shape index (κ1) is 17.2. The highest BCUT2D eigenvalue weighted by Crippen LogP contribution is 2.23. The first-order valence-corrected chi connectivity index (χ1v) is 9.12. The molecule has 6 heteroatoms. The van der Waals surface area contributed by atoms with Crippen molar-refractivity contribution in [2.24, 2.45) is 5.10 Å². The van der Waals surface area contributed by atoms with Gasteiger partial charge in [0.1, 0.15) is 5.69 Å². The molecule has 3 aromatic carbocycles. The maximum atomic E-state index is 12.3. The van der Waals surface area contributed by atoms with Crippen LogP contribution in [0.5, 0.6) is 0 Å². The number of hydrogen-bond acceptors (Lipinski definition) is 3. The Bertz CT molecular complexity index is 1150. The fraction of sp³-hybridized carbons (Fsp3) is 0.